The Kier molecular flexibility index (Phi) is 3.86. The molecule has 1 rings (SSSR count). The van der Waals surface area contributed by atoms with Gasteiger partial charge in [0.05, 0.1) is 0 Å². The third kappa shape index (κ3) is 2.80. The molecule has 0 unspecified atom stereocenters. The third-order valence-electron chi connectivity index (χ3n) is 2.35. The van der Waals surface area contributed by atoms with Crippen molar-refractivity contribution in [2.45, 2.75) is 26.2 Å². The molecule has 0 atom stereocenters. The van der Waals surface area contributed by atoms with E-state index in [1.165, 1.54) is 6.07 Å². The fraction of sp³-hybridized carbons (Fsp3) is 0.417. The van der Waals surface area contributed by atoms with Gasteiger partial charge in [0, 0.05) is 12.2 Å². The highest BCUT2D eigenvalue weighted by Gasteiger charge is 2.05. The van der Waals surface area contributed by atoms with E-state index < -0.39 is 5.43 Å². The number of rotatable bonds is 3. The van der Waals surface area contributed by atoms with Crippen molar-refractivity contribution in [2.24, 2.45) is 0 Å². The highest BCUT2D eigenvalue weighted by Crippen LogP contribution is 2.16. The van der Waals surface area contributed by atoms with Gasteiger partial charge in [0.1, 0.15) is 0 Å². The summed E-state index contributed by atoms with van der Waals surface area (Å²) in [6, 6.07) is 4.98. The van der Waals surface area contributed by atoms with Gasteiger partial charge in [-0.1, -0.05) is 26.0 Å². The first-order valence-corrected chi connectivity index (χ1v) is 5.03. The molecular formula is C12H16O3. The van der Waals surface area contributed by atoms with Crippen LogP contribution in [-0.2, 0) is 6.42 Å². The average Bonchev–Trinajstić information content (AvgIpc) is 2.31. The van der Waals surface area contributed by atoms with Crippen molar-refractivity contribution >= 4 is 0 Å². The number of aliphatic hydroxyl groups excluding tert-OH is 1. The number of aliphatic hydroxyl groups is 1. The topological polar surface area (TPSA) is 57.5 Å². The van der Waals surface area contributed by atoms with E-state index in [0.29, 0.717) is 5.56 Å². The van der Waals surface area contributed by atoms with E-state index in [1.54, 1.807) is 6.07 Å². The van der Waals surface area contributed by atoms with Crippen molar-refractivity contribution in [1.82, 2.24) is 0 Å². The van der Waals surface area contributed by atoms with Gasteiger partial charge in [-0.05, 0) is 24.0 Å². The van der Waals surface area contributed by atoms with Gasteiger partial charge in [0.2, 0.25) is 5.43 Å². The molecule has 1 aromatic rings. The van der Waals surface area contributed by atoms with Crippen molar-refractivity contribution in [1.29, 1.82) is 0 Å². The number of hydrogen-bond donors (Lipinski definition) is 2. The van der Waals surface area contributed by atoms with Crippen molar-refractivity contribution in [2.75, 3.05) is 6.61 Å². The molecule has 0 radical (unpaired) electrons. The molecule has 0 aromatic heterocycles. The van der Waals surface area contributed by atoms with E-state index in [2.05, 4.69) is 0 Å². The largest absolute Gasteiger partial charge is 0.504 e. The molecule has 0 bridgehead atoms. The van der Waals surface area contributed by atoms with E-state index >= 15 is 0 Å². The lowest BCUT2D eigenvalue weighted by atomic mass is 10.1. The van der Waals surface area contributed by atoms with Crippen LogP contribution in [0, 0.1) is 0 Å². The fourth-order valence-electron chi connectivity index (χ4n) is 1.38. The summed E-state index contributed by atoms with van der Waals surface area (Å²) < 4.78 is 0. The molecule has 3 heteroatoms. The zero-order valence-electron chi connectivity index (χ0n) is 9.03. The van der Waals surface area contributed by atoms with Gasteiger partial charge in [-0.3, -0.25) is 4.79 Å². The maximum Gasteiger partial charge on any atom is 0.223 e. The molecular weight excluding hydrogens is 192 g/mol. The Balaban J connectivity index is 3.32. The Morgan fingerprint density at radius 1 is 1.33 bits per heavy atom. The van der Waals surface area contributed by atoms with Crippen LogP contribution in [-0.4, -0.2) is 16.8 Å². The van der Waals surface area contributed by atoms with E-state index in [0.717, 1.165) is 5.56 Å². The van der Waals surface area contributed by atoms with E-state index in [-0.39, 0.29) is 24.7 Å². The summed E-state index contributed by atoms with van der Waals surface area (Å²) in [5.74, 6) is 0.0110. The smallest absolute Gasteiger partial charge is 0.223 e. The monoisotopic (exact) mass is 208 g/mol. The maximum absolute atomic E-state index is 11.6. The number of hydrogen-bond acceptors (Lipinski definition) is 3. The predicted octanol–water partition coefficient (Wildman–Crippen LogP) is 1.41. The second kappa shape index (κ2) is 4.94. The molecule has 2 N–H and O–H groups in total. The van der Waals surface area contributed by atoms with Crippen LogP contribution in [0.15, 0.2) is 23.0 Å². The van der Waals surface area contributed by atoms with Gasteiger partial charge in [-0.15, -0.1) is 0 Å². The summed E-state index contributed by atoms with van der Waals surface area (Å²) in [6.45, 7) is 3.89. The van der Waals surface area contributed by atoms with Crippen LogP contribution in [0.3, 0.4) is 0 Å². The molecule has 82 valence electrons. The van der Waals surface area contributed by atoms with E-state index in [1.807, 2.05) is 19.9 Å². The van der Waals surface area contributed by atoms with Crippen LogP contribution in [0.25, 0.3) is 0 Å². The molecule has 15 heavy (non-hydrogen) atoms. The first-order chi connectivity index (χ1) is 7.06. The Labute approximate surface area is 89.0 Å². The maximum atomic E-state index is 11.6. The second-order valence-corrected chi connectivity index (χ2v) is 3.85. The Morgan fingerprint density at radius 3 is 2.53 bits per heavy atom. The van der Waals surface area contributed by atoms with Crippen LogP contribution in [0.2, 0.25) is 0 Å². The predicted molar refractivity (Wildman–Crippen MR) is 59.3 cm³/mol. The third-order valence-corrected chi connectivity index (χ3v) is 2.35. The normalized spacial score (nSPS) is 10.7. The lowest BCUT2D eigenvalue weighted by Crippen LogP contribution is -2.06. The van der Waals surface area contributed by atoms with Crippen LogP contribution in [0.1, 0.15) is 30.9 Å². The molecule has 0 saturated heterocycles. The van der Waals surface area contributed by atoms with Gasteiger partial charge in [-0.25, -0.2) is 0 Å². The SMILES string of the molecule is CC(C)c1ccc(CCO)c(=O)c(O)c1. The summed E-state index contributed by atoms with van der Waals surface area (Å²) in [6.07, 6.45) is 0.276. The molecule has 0 fully saturated rings. The fourth-order valence-corrected chi connectivity index (χ4v) is 1.38. The van der Waals surface area contributed by atoms with Crippen LogP contribution >= 0.6 is 0 Å². The first kappa shape index (κ1) is 11.7. The quantitative estimate of drug-likeness (QED) is 0.789. The summed E-state index contributed by atoms with van der Waals surface area (Å²) >= 11 is 0. The van der Waals surface area contributed by atoms with Crippen molar-refractivity contribution in [3.8, 4) is 5.75 Å². The summed E-state index contributed by atoms with van der Waals surface area (Å²) in [7, 11) is 0. The van der Waals surface area contributed by atoms with E-state index in [4.69, 9.17) is 5.11 Å². The zero-order valence-corrected chi connectivity index (χ0v) is 9.03. The average molecular weight is 208 g/mol. The summed E-state index contributed by atoms with van der Waals surface area (Å²) in [5, 5.41) is 18.3. The Morgan fingerprint density at radius 2 is 2.00 bits per heavy atom. The molecule has 3 nitrogen and oxygen atoms in total. The van der Waals surface area contributed by atoms with Gasteiger partial charge in [0.25, 0.3) is 0 Å². The van der Waals surface area contributed by atoms with E-state index in [9.17, 15) is 9.90 Å². The van der Waals surface area contributed by atoms with Gasteiger partial charge >= 0.3 is 0 Å². The molecule has 0 saturated carbocycles. The standard InChI is InChI=1S/C12H16O3/c1-8(2)10-4-3-9(5-6-13)12(15)11(14)7-10/h3-4,7-8,13H,5-6H2,1-2H3,(H,14,15). The van der Waals surface area contributed by atoms with Gasteiger partial charge < -0.3 is 10.2 Å². The lowest BCUT2D eigenvalue weighted by Gasteiger charge is -2.00. The molecule has 0 amide bonds. The summed E-state index contributed by atoms with van der Waals surface area (Å²) in [5.41, 5.74) is 0.964. The summed E-state index contributed by atoms with van der Waals surface area (Å²) in [4.78, 5) is 11.6. The van der Waals surface area contributed by atoms with Crippen molar-refractivity contribution in [3.05, 3.63) is 39.5 Å². The molecule has 1 aromatic carbocycles. The molecule has 0 aliphatic carbocycles. The molecule has 0 aliphatic rings. The van der Waals surface area contributed by atoms with Gasteiger partial charge in [-0.2, -0.15) is 0 Å². The van der Waals surface area contributed by atoms with Crippen molar-refractivity contribution < 1.29 is 10.2 Å². The molecule has 0 heterocycles. The van der Waals surface area contributed by atoms with Crippen LogP contribution in [0.5, 0.6) is 5.75 Å². The second-order valence-electron chi connectivity index (χ2n) is 3.85. The van der Waals surface area contributed by atoms with Crippen LogP contribution in [0.4, 0.5) is 0 Å². The molecule has 0 spiro atoms. The first-order valence-electron chi connectivity index (χ1n) is 5.03. The van der Waals surface area contributed by atoms with Gasteiger partial charge in [0.15, 0.2) is 5.75 Å². The zero-order chi connectivity index (χ0) is 11.4. The Bertz CT molecular complexity index is 397. The van der Waals surface area contributed by atoms with Crippen molar-refractivity contribution in [3.63, 3.8) is 0 Å². The molecule has 0 aliphatic heterocycles. The lowest BCUT2D eigenvalue weighted by molar-refractivity contribution is 0.299. The highest BCUT2D eigenvalue weighted by atomic mass is 16.3. The highest BCUT2D eigenvalue weighted by molar-refractivity contribution is 5.32. The minimum atomic E-state index is -0.393. The van der Waals surface area contributed by atoms with Crippen LogP contribution < -0.4 is 5.43 Å². The Hall–Kier alpha value is -1.35. The minimum absolute atomic E-state index is 0.0876. The minimum Gasteiger partial charge on any atom is -0.504 e. The number of aromatic hydroxyl groups is 1.